The summed E-state index contributed by atoms with van der Waals surface area (Å²) in [6.07, 6.45) is 0. The fourth-order valence-electron chi connectivity index (χ4n) is 2.18. The Morgan fingerprint density at radius 3 is 1.23 bits per heavy atom. The van der Waals surface area contributed by atoms with Gasteiger partial charge in [-0.3, -0.25) is 0 Å². The average Bonchev–Trinajstić information content (AvgIpc) is 2.65. The second kappa shape index (κ2) is 8.67. The Labute approximate surface area is 172 Å². The van der Waals surface area contributed by atoms with Gasteiger partial charge in [0.1, 0.15) is 0 Å². The molecular formula is C18H13Cl4O3P. The maximum atomic E-state index is 6.09. The van der Waals surface area contributed by atoms with Crippen molar-refractivity contribution in [2.24, 2.45) is 0 Å². The summed E-state index contributed by atoms with van der Waals surface area (Å²) in [6.45, 7) is 0. The number of halogens is 4. The predicted octanol–water partition coefficient (Wildman–Crippen LogP) is 7.10. The predicted molar refractivity (Wildman–Crippen MR) is 110 cm³/mol. The third kappa shape index (κ3) is 4.75. The Morgan fingerprint density at radius 1 is 0.538 bits per heavy atom. The quantitative estimate of drug-likeness (QED) is 0.375. The van der Waals surface area contributed by atoms with E-state index in [2.05, 4.69) is 0 Å². The van der Waals surface area contributed by atoms with Crippen LogP contribution in [0.2, 0.25) is 15.1 Å². The number of benzene rings is 3. The summed E-state index contributed by atoms with van der Waals surface area (Å²) in [5, 5.41) is 2.38. The van der Waals surface area contributed by atoms with Crippen molar-refractivity contribution in [3.63, 3.8) is 0 Å². The Bertz CT molecular complexity index is 808. The first-order valence-electron chi connectivity index (χ1n) is 7.46. The fraction of sp³-hybridized carbons (Fsp3) is 0. The topological polar surface area (TPSA) is 27.7 Å². The van der Waals surface area contributed by atoms with E-state index in [1.54, 1.807) is 72.8 Å². The molecule has 0 saturated carbocycles. The molecule has 0 atom stereocenters. The summed E-state index contributed by atoms with van der Waals surface area (Å²) in [5.41, 5.74) is 0. The van der Waals surface area contributed by atoms with Crippen molar-refractivity contribution in [3.05, 3.63) is 87.9 Å². The van der Waals surface area contributed by atoms with E-state index in [4.69, 9.17) is 59.8 Å². The Hall–Kier alpha value is -1.19. The molecule has 0 spiro atoms. The van der Waals surface area contributed by atoms with Crippen molar-refractivity contribution in [2.75, 3.05) is 0 Å². The maximum absolute atomic E-state index is 6.09. The first-order valence-corrected chi connectivity index (χ1v) is 10.6. The summed E-state index contributed by atoms with van der Waals surface area (Å²) >= 11 is 23.8. The Morgan fingerprint density at radius 2 is 0.885 bits per heavy atom. The van der Waals surface area contributed by atoms with E-state index in [0.717, 1.165) is 0 Å². The molecule has 0 amide bonds. The molecule has 3 aromatic rings. The second-order valence-corrected chi connectivity index (χ2v) is 9.28. The van der Waals surface area contributed by atoms with Gasteiger partial charge in [-0.2, -0.15) is 0 Å². The minimum absolute atomic E-state index is 0.505. The van der Waals surface area contributed by atoms with Crippen LogP contribution in [0.4, 0.5) is 0 Å². The summed E-state index contributed by atoms with van der Waals surface area (Å²) in [5.74, 6) is 1.01. The molecule has 0 unspecified atom stereocenters. The Kier molecular flexibility index (Phi) is 6.52. The molecule has 0 aliphatic carbocycles. The van der Waals surface area contributed by atoms with Crippen LogP contribution in [0.25, 0.3) is 0 Å². The first kappa shape index (κ1) is 19.6. The van der Waals surface area contributed by atoms with Crippen LogP contribution in [0.1, 0.15) is 0 Å². The van der Waals surface area contributed by atoms with E-state index in [0.29, 0.717) is 31.9 Å². The minimum atomic E-state index is -3.56. The van der Waals surface area contributed by atoms with Gasteiger partial charge in [-0.1, -0.05) is 0 Å². The van der Waals surface area contributed by atoms with Gasteiger partial charge in [-0.25, -0.2) is 0 Å². The average molecular weight is 450 g/mol. The number of hydrogen-bond acceptors (Lipinski definition) is 3. The summed E-state index contributed by atoms with van der Waals surface area (Å²) in [7, 11) is -3.56. The first-order chi connectivity index (χ1) is 12.5. The zero-order chi connectivity index (χ0) is 18.6. The van der Waals surface area contributed by atoms with Crippen molar-refractivity contribution >= 4 is 59.9 Å². The third-order valence-corrected chi connectivity index (χ3v) is 7.05. The van der Waals surface area contributed by atoms with Gasteiger partial charge >= 0.3 is 172 Å². The van der Waals surface area contributed by atoms with Crippen molar-refractivity contribution < 1.29 is 13.1 Å². The van der Waals surface area contributed by atoms with E-state index in [1.165, 1.54) is 0 Å². The monoisotopic (exact) mass is 448 g/mol. The van der Waals surface area contributed by atoms with Gasteiger partial charge in [0.15, 0.2) is 0 Å². The molecule has 0 heterocycles. The van der Waals surface area contributed by atoms with Gasteiger partial charge in [-0.15, -0.1) is 0 Å². The van der Waals surface area contributed by atoms with Crippen molar-refractivity contribution in [1.29, 1.82) is 0 Å². The van der Waals surface area contributed by atoms with Crippen molar-refractivity contribution in [2.45, 2.75) is 0 Å². The molecule has 0 aliphatic heterocycles. The van der Waals surface area contributed by atoms with Crippen LogP contribution in [0.3, 0.4) is 0 Å². The van der Waals surface area contributed by atoms with E-state index in [9.17, 15) is 0 Å². The zero-order valence-corrected chi connectivity index (χ0v) is 17.2. The van der Waals surface area contributed by atoms with Crippen LogP contribution in [0.15, 0.2) is 72.8 Å². The van der Waals surface area contributed by atoms with Crippen molar-refractivity contribution in [3.8, 4) is 11.5 Å². The molecule has 0 bridgehead atoms. The summed E-state index contributed by atoms with van der Waals surface area (Å²) in [4.78, 5) is 0. The molecule has 0 fully saturated rings. The Balaban J connectivity index is 2.01. The van der Waals surface area contributed by atoms with Crippen molar-refractivity contribution in [1.82, 2.24) is 0 Å². The van der Waals surface area contributed by atoms with Crippen LogP contribution in [0.5, 0.6) is 11.5 Å². The SMILES string of the molecule is ClO[PH](Oc1ccc(Cl)cc1)(Oc1ccc(Cl)cc1)c1ccc(Cl)cc1. The number of hydrogen-bond donors (Lipinski definition) is 0. The molecule has 8 heteroatoms. The normalized spacial score (nSPS) is 11.8. The van der Waals surface area contributed by atoms with Crippen LogP contribution < -0.4 is 14.4 Å². The van der Waals surface area contributed by atoms with Crippen LogP contribution >= 0.6 is 54.6 Å². The van der Waals surface area contributed by atoms with E-state index in [-0.39, 0.29) is 0 Å². The van der Waals surface area contributed by atoms with Gasteiger partial charge in [0.05, 0.1) is 0 Å². The molecule has 3 nitrogen and oxygen atoms in total. The van der Waals surface area contributed by atoms with E-state index < -0.39 is 7.94 Å². The number of rotatable bonds is 6. The van der Waals surface area contributed by atoms with Gasteiger partial charge in [0.2, 0.25) is 0 Å². The van der Waals surface area contributed by atoms with E-state index in [1.807, 2.05) is 0 Å². The molecule has 0 aliphatic rings. The van der Waals surface area contributed by atoms with Crippen LogP contribution in [-0.2, 0) is 4.08 Å². The molecule has 26 heavy (non-hydrogen) atoms. The molecule has 0 radical (unpaired) electrons. The van der Waals surface area contributed by atoms with Gasteiger partial charge in [0.25, 0.3) is 0 Å². The molecule has 3 rings (SSSR count). The molecule has 0 N–H and O–H groups in total. The van der Waals surface area contributed by atoms with Gasteiger partial charge < -0.3 is 0 Å². The second-order valence-electron chi connectivity index (χ2n) is 5.25. The summed E-state index contributed by atoms with van der Waals surface area (Å²) < 4.78 is 17.5. The summed E-state index contributed by atoms with van der Waals surface area (Å²) in [6, 6.07) is 20.6. The third-order valence-electron chi connectivity index (χ3n) is 3.43. The standard InChI is InChI=1S/C18H13Cl4O3P/c19-13-1-7-16(8-2-13)23-26(25-22,18-11-5-15(21)6-12-18)24-17-9-3-14(20)4-10-17/h1-12,26H. The molecular weight excluding hydrogens is 437 g/mol. The molecule has 0 saturated heterocycles. The zero-order valence-electron chi connectivity index (χ0n) is 13.2. The van der Waals surface area contributed by atoms with Crippen LogP contribution in [-0.4, -0.2) is 0 Å². The molecule has 136 valence electrons. The van der Waals surface area contributed by atoms with Gasteiger partial charge in [-0.05, 0) is 0 Å². The molecule has 0 aromatic heterocycles. The van der Waals surface area contributed by atoms with E-state index >= 15 is 0 Å². The van der Waals surface area contributed by atoms with Gasteiger partial charge in [0, 0.05) is 0 Å². The molecule has 3 aromatic carbocycles. The fourth-order valence-corrected chi connectivity index (χ4v) is 4.92. The van der Waals surface area contributed by atoms with Crippen LogP contribution in [0, 0.1) is 0 Å².